The van der Waals surface area contributed by atoms with Gasteiger partial charge in [0.15, 0.2) is 0 Å². The number of rotatable bonds is 3. The fourth-order valence-electron chi connectivity index (χ4n) is 1.53. The van der Waals surface area contributed by atoms with E-state index in [9.17, 15) is 9.90 Å². The van der Waals surface area contributed by atoms with Gasteiger partial charge in [0.05, 0.1) is 11.3 Å². The van der Waals surface area contributed by atoms with Crippen LogP contribution in [0, 0.1) is 0 Å². The molecule has 0 aliphatic heterocycles. The molecule has 1 heterocycles. The average Bonchev–Trinajstić information content (AvgIpc) is 2.47. The van der Waals surface area contributed by atoms with Gasteiger partial charge >= 0.3 is 0 Å². The molecule has 0 radical (unpaired) electrons. The molecule has 5 nitrogen and oxygen atoms in total. The fraction of sp³-hybridized carbons (Fsp3) is 0.0714. The van der Waals surface area contributed by atoms with Gasteiger partial charge in [0.2, 0.25) is 0 Å². The van der Waals surface area contributed by atoms with Crippen LogP contribution in [0.5, 0.6) is 5.75 Å². The largest absolute Gasteiger partial charge is 0.507 e. The van der Waals surface area contributed by atoms with Crippen molar-refractivity contribution < 1.29 is 9.90 Å². The number of nitrogens with zero attached hydrogens (tertiary/aromatic N) is 2. The first-order valence-electron chi connectivity index (χ1n) is 5.81. The van der Waals surface area contributed by atoms with Gasteiger partial charge in [-0.25, -0.2) is 5.43 Å². The van der Waals surface area contributed by atoms with Crippen molar-refractivity contribution in [2.45, 2.75) is 6.92 Å². The maximum absolute atomic E-state index is 11.9. The highest BCUT2D eigenvalue weighted by molar-refractivity contribution is 9.10. The fourth-order valence-corrected chi connectivity index (χ4v) is 1.89. The van der Waals surface area contributed by atoms with Crippen LogP contribution in [-0.4, -0.2) is 21.7 Å². The number of carbonyl (C=O) groups excluding carboxylic acids is 1. The summed E-state index contributed by atoms with van der Waals surface area (Å²) >= 11 is 3.25. The van der Waals surface area contributed by atoms with Gasteiger partial charge in [-0.2, -0.15) is 5.10 Å². The molecule has 0 saturated heterocycles. The summed E-state index contributed by atoms with van der Waals surface area (Å²) in [5.41, 5.74) is 4.00. The molecule has 20 heavy (non-hydrogen) atoms. The highest BCUT2D eigenvalue weighted by Gasteiger charge is 2.11. The standard InChI is InChI=1S/C14H12BrN3O2/c1-9(10-3-2-6-16-8-10)17-18-14(20)12-7-11(15)4-5-13(12)19/h2-8,19H,1H3,(H,18,20). The van der Waals surface area contributed by atoms with E-state index in [0.717, 1.165) is 5.56 Å². The number of halogens is 1. The van der Waals surface area contributed by atoms with Crippen molar-refractivity contribution in [2.75, 3.05) is 0 Å². The molecule has 2 N–H and O–H groups in total. The lowest BCUT2D eigenvalue weighted by molar-refractivity contribution is 0.0952. The van der Waals surface area contributed by atoms with Crippen LogP contribution in [0.4, 0.5) is 0 Å². The second-order valence-corrected chi connectivity index (χ2v) is 4.96. The molecular weight excluding hydrogens is 322 g/mol. The van der Waals surface area contributed by atoms with Gasteiger partial charge in [-0.05, 0) is 31.2 Å². The minimum atomic E-state index is -0.480. The van der Waals surface area contributed by atoms with Crippen LogP contribution in [0.2, 0.25) is 0 Å². The van der Waals surface area contributed by atoms with E-state index in [0.29, 0.717) is 10.2 Å². The Balaban J connectivity index is 2.14. The Bertz CT molecular complexity index is 657. The first-order chi connectivity index (χ1) is 9.58. The number of aromatic hydroxyl groups is 1. The molecule has 0 aliphatic carbocycles. The monoisotopic (exact) mass is 333 g/mol. The Morgan fingerprint density at radius 1 is 1.40 bits per heavy atom. The molecular formula is C14H12BrN3O2. The summed E-state index contributed by atoms with van der Waals surface area (Å²) < 4.78 is 0.702. The summed E-state index contributed by atoms with van der Waals surface area (Å²) in [5, 5.41) is 13.6. The summed E-state index contributed by atoms with van der Waals surface area (Å²) in [6, 6.07) is 8.25. The van der Waals surface area contributed by atoms with Crippen LogP contribution in [-0.2, 0) is 0 Å². The van der Waals surface area contributed by atoms with Gasteiger partial charge in [-0.15, -0.1) is 0 Å². The number of benzene rings is 1. The molecule has 1 aromatic carbocycles. The molecule has 2 aromatic rings. The van der Waals surface area contributed by atoms with E-state index in [2.05, 4.69) is 31.4 Å². The number of phenols is 1. The third-order valence-corrected chi connectivity index (χ3v) is 3.10. The van der Waals surface area contributed by atoms with Gasteiger partial charge in [-0.1, -0.05) is 22.0 Å². The Morgan fingerprint density at radius 3 is 2.90 bits per heavy atom. The maximum atomic E-state index is 11.9. The van der Waals surface area contributed by atoms with Gasteiger partial charge in [0.1, 0.15) is 5.75 Å². The topological polar surface area (TPSA) is 74.6 Å². The molecule has 0 spiro atoms. The molecule has 0 atom stereocenters. The zero-order chi connectivity index (χ0) is 14.5. The Hall–Kier alpha value is -2.21. The molecule has 2 rings (SSSR count). The second kappa shape index (κ2) is 6.29. The van der Waals surface area contributed by atoms with Crippen molar-refractivity contribution in [3.63, 3.8) is 0 Å². The highest BCUT2D eigenvalue weighted by atomic mass is 79.9. The maximum Gasteiger partial charge on any atom is 0.275 e. The zero-order valence-electron chi connectivity index (χ0n) is 10.7. The van der Waals surface area contributed by atoms with E-state index >= 15 is 0 Å². The predicted octanol–water partition coefficient (Wildman–Crippen LogP) is 2.70. The Labute approximate surface area is 124 Å². The Morgan fingerprint density at radius 2 is 2.20 bits per heavy atom. The minimum absolute atomic E-state index is 0.0973. The second-order valence-electron chi connectivity index (χ2n) is 4.04. The quantitative estimate of drug-likeness (QED) is 0.669. The molecule has 0 aliphatic rings. The van der Waals surface area contributed by atoms with E-state index in [-0.39, 0.29) is 11.3 Å². The van der Waals surface area contributed by atoms with E-state index in [1.54, 1.807) is 31.5 Å². The zero-order valence-corrected chi connectivity index (χ0v) is 12.3. The molecule has 1 aromatic heterocycles. The minimum Gasteiger partial charge on any atom is -0.507 e. The molecule has 6 heteroatoms. The lowest BCUT2D eigenvalue weighted by atomic mass is 10.2. The predicted molar refractivity (Wildman–Crippen MR) is 79.7 cm³/mol. The lowest BCUT2D eigenvalue weighted by Crippen LogP contribution is -2.19. The number of pyridine rings is 1. The van der Waals surface area contributed by atoms with Crippen molar-refractivity contribution >= 4 is 27.5 Å². The van der Waals surface area contributed by atoms with Crippen LogP contribution in [0.15, 0.2) is 52.3 Å². The number of phenolic OH excluding ortho intramolecular Hbond substituents is 1. The van der Waals surface area contributed by atoms with Crippen molar-refractivity contribution in [1.82, 2.24) is 10.4 Å². The molecule has 0 fully saturated rings. The number of amides is 1. The molecule has 0 unspecified atom stereocenters. The smallest absolute Gasteiger partial charge is 0.275 e. The third-order valence-electron chi connectivity index (χ3n) is 2.61. The van der Waals surface area contributed by atoms with Gasteiger partial charge in [0.25, 0.3) is 5.91 Å². The summed E-state index contributed by atoms with van der Waals surface area (Å²) in [5.74, 6) is -0.577. The van der Waals surface area contributed by atoms with Crippen molar-refractivity contribution in [2.24, 2.45) is 5.10 Å². The number of aromatic nitrogens is 1. The number of carbonyl (C=O) groups is 1. The van der Waals surface area contributed by atoms with Gasteiger partial charge in [0, 0.05) is 22.4 Å². The van der Waals surface area contributed by atoms with Crippen molar-refractivity contribution in [1.29, 1.82) is 0 Å². The number of hydrazone groups is 1. The van der Waals surface area contributed by atoms with Crippen LogP contribution in [0.25, 0.3) is 0 Å². The highest BCUT2D eigenvalue weighted by Crippen LogP contribution is 2.21. The van der Waals surface area contributed by atoms with Gasteiger partial charge in [-0.3, -0.25) is 9.78 Å². The summed E-state index contributed by atoms with van der Waals surface area (Å²) in [6.45, 7) is 1.76. The van der Waals surface area contributed by atoms with E-state index in [1.165, 1.54) is 12.1 Å². The summed E-state index contributed by atoms with van der Waals surface area (Å²) in [4.78, 5) is 15.9. The summed E-state index contributed by atoms with van der Waals surface area (Å²) in [7, 11) is 0. The van der Waals surface area contributed by atoms with E-state index in [4.69, 9.17) is 0 Å². The average molecular weight is 334 g/mol. The molecule has 0 bridgehead atoms. The van der Waals surface area contributed by atoms with Gasteiger partial charge < -0.3 is 5.11 Å². The third kappa shape index (κ3) is 3.42. The van der Waals surface area contributed by atoms with Crippen LogP contribution in [0.1, 0.15) is 22.8 Å². The number of nitrogens with one attached hydrogen (secondary N) is 1. The first-order valence-corrected chi connectivity index (χ1v) is 6.61. The molecule has 1 amide bonds. The SMILES string of the molecule is CC(=NNC(=O)c1cc(Br)ccc1O)c1cccnc1. The summed E-state index contributed by atoms with van der Waals surface area (Å²) in [6.07, 6.45) is 3.32. The van der Waals surface area contributed by atoms with E-state index in [1.807, 2.05) is 6.07 Å². The first kappa shape index (κ1) is 14.2. The lowest BCUT2D eigenvalue weighted by Gasteiger charge is -2.05. The molecule has 102 valence electrons. The number of hydrogen-bond donors (Lipinski definition) is 2. The Kier molecular flexibility index (Phi) is 4.47. The van der Waals surface area contributed by atoms with E-state index < -0.39 is 5.91 Å². The van der Waals surface area contributed by atoms with Crippen molar-refractivity contribution in [3.8, 4) is 5.75 Å². The molecule has 0 saturated carbocycles. The van der Waals surface area contributed by atoms with Crippen LogP contribution in [0.3, 0.4) is 0 Å². The number of hydrogen-bond acceptors (Lipinski definition) is 4. The normalized spacial score (nSPS) is 11.2. The van der Waals surface area contributed by atoms with Crippen LogP contribution >= 0.6 is 15.9 Å². The van der Waals surface area contributed by atoms with Crippen LogP contribution < -0.4 is 5.43 Å². The van der Waals surface area contributed by atoms with Crippen molar-refractivity contribution in [3.05, 3.63) is 58.3 Å².